The molecule has 0 aliphatic rings. The highest BCUT2D eigenvalue weighted by molar-refractivity contribution is 6.42. The third-order valence-electron chi connectivity index (χ3n) is 3.96. The van der Waals surface area contributed by atoms with Gasteiger partial charge in [-0.2, -0.15) is 0 Å². The number of rotatable bonds is 10. The SMILES string of the molecule is CCOc1cc(CNCCC(C)C)cc(Cl)c1OCc1ccc(Cl)c(Cl)c1. The van der Waals surface area contributed by atoms with Crippen molar-refractivity contribution in [3.63, 3.8) is 0 Å². The van der Waals surface area contributed by atoms with Crippen LogP contribution < -0.4 is 14.8 Å². The van der Waals surface area contributed by atoms with Crippen LogP contribution >= 0.6 is 34.8 Å². The summed E-state index contributed by atoms with van der Waals surface area (Å²) in [5.74, 6) is 1.86. The van der Waals surface area contributed by atoms with Gasteiger partial charge in [0.15, 0.2) is 11.5 Å². The average Bonchev–Trinajstić information content (AvgIpc) is 2.61. The second-order valence-electron chi connectivity index (χ2n) is 6.73. The van der Waals surface area contributed by atoms with Crippen molar-refractivity contribution in [2.45, 2.75) is 40.3 Å². The molecule has 3 nitrogen and oxygen atoms in total. The Labute approximate surface area is 176 Å². The third kappa shape index (κ3) is 7.08. The molecular formula is C21H26Cl3NO2. The Morgan fingerprint density at radius 1 is 0.926 bits per heavy atom. The first-order valence-electron chi connectivity index (χ1n) is 9.13. The highest BCUT2D eigenvalue weighted by Gasteiger charge is 2.13. The lowest BCUT2D eigenvalue weighted by molar-refractivity contribution is 0.269. The van der Waals surface area contributed by atoms with Gasteiger partial charge in [0.1, 0.15) is 6.61 Å². The predicted octanol–water partition coefficient (Wildman–Crippen LogP) is 6.76. The minimum atomic E-state index is 0.322. The quantitative estimate of drug-likeness (QED) is 0.422. The van der Waals surface area contributed by atoms with E-state index in [0.717, 1.165) is 30.6 Å². The smallest absolute Gasteiger partial charge is 0.180 e. The van der Waals surface area contributed by atoms with Crippen molar-refractivity contribution >= 4 is 34.8 Å². The molecule has 0 amide bonds. The van der Waals surface area contributed by atoms with Gasteiger partial charge < -0.3 is 14.8 Å². The molecule has 0 unspecified atom stereocenters. The van der Waals surface area contributed by atoms with Crippen LogP contribution in [-0.4, -0.2) is 13.2 Å². The van der Waals surface area contributed by atoms with Crippen molar-refractivity contribution in [2.24, 2.45) is 5.92 Å². The maximum atomic E-state index is 6.48. The third-order valence-corrected chi connectivity index (χ3v) is 4.98. The number of hydrogen-bond acceptors (Lipinski definition) is 3. The lowest BCUT2D eigenvalue weighted by atomic mass is 10.1. The second kappa shape index (κ2) is 11.0. The second-order valence-corrected chi connectivity index (χ2v) is 7.96. The molecule has 0 saturated heterocycles. The summed E-state index contributed by atoms with van der Waals surface area (Å²) in [6.45, 7) is 8.92. The summed E-state index contributed by atoms with van der Waals surface area (Å²) in [5, 5.41) is 4.98. The Balaban J connectivity index is 2.08. The molecule has 0 saturated carbocycles. The summed E-state index contributed by atoms with van der Waals surface area (Å²) in [6.07, 6.45) is 1.14. The van der Waals surface area contributed by atoms with Crippen LogP contribution in [0.5, 0.6) is 11.5 Å². The molecule has 0 radical (unpaired) electrons. The number of hydrogen-bond donors (Lipinski definition) is 1. The lowest BCUT2D eigenvalue weighted by Gasteiger charge is -2.16. The van der Waals surface area contributed by atoms with E-state index in [-0.39, 0.29) is 0 Å². The van der Waals surface area contributed by atoms with Gasteiger partial charge in [0.2, 0.25) is 0 Å². The van der Waals surface area contributed by atoms with Crippen LogP contribution in [0.4, 0.5) is 0 Å². The Kier molecular flexibility index (Phi) is 9.04. The summed E-state index contributed by atoms with van der Waals surface area (Å²) in [6, 6.07) is 9.29. The first-order chi connectivity index (χ1) is 12.9. The molecule has 0 aromatic heterocycles. The Morgan fingerprint density at radius 3 is 2.33 bits per heavy atom. The molecule has 2 aromatic rings. The minimum Gasteiger partial charge on any atom is -0.490 e. The van der Waals surface area contributed by atoms with Crippen LogP contribution in [0.2, 0.25) is 15.1 Å². The molecule has 1 N–H and O–H groups in total. The van der Waals surface area contributed by atoms with Gasteiger partial charge in [-0.05, 0) is 61.2 Å². The van der Waals surface area contributed by atoms with Crippen molar-refractivity contribution in [1.82, 2.24) is 5.32 Å². The first-order valence-corrected chi connectivity index (χ1v) is 10.3. The molecule has 0 aliphatic heterocycles. The summed E-state index contributed by atoms with van der Waals surface area (Å²) < 4.78 is 11.7. The van der Waals surface area contributed by atoms with Gasteiger partial charge in [-0.15, -0.1) is 0 Å². The largest absolute Gasteiger partial charge is 0.490 e. The summed E-state index contributed by atoms with van der Waals surface area (Å²) >= 11 is 18.5. The molecule has 0 bridgehead atoms. The topological polar surface area (TPSA) is 30.5 Å². The fourth-order valence-electron chi connectivity index (χ4n) is 2.53. The van der Waals surface area contributed by atoms with Gasteiger partial charge in [-0.25, -0.2) is 0 Å². The van der Waals surface area contributed by atoms with E-state index in [4.69, 9.17) is 44.3 Å². The van der Waals surface area contributed by atoms with Gasteiger partial charge in [0, 0.05) is 6.54 Å². The van der Waals surface area contributed by atoms with Crippen LogP contribution in [0, 0.1) is 5.92 Å². The molecule has 0 spiro atoms. The fourth-order valence-corrected chi connectivity index (χ4v) is 3.14. The van der Waals surface area contributed by atoms with Gasteiger partial charge in [-0.1, -0.05) is 54.7 Å². The van der Waals surface area contributed by atoms with Crippen LogP contribution in [0.25, 0.3) is 0 Å². The monoisotopic (exact) mass is 429 g/mol. The first kappa shape index (κ1) is 22.2. The van der Waals surface area contributed by atoms with E-state index in [2.05, 4.69) is 19.2 Å². The molecule has 2 rings (SSSR count). The van der Waals surface area contributed by atoms with Crippen molar-refractivity contribution in [2.75, 3.05) is 13.2 Å². The molecule has 148 valence electrons. The Morgan fingerprint density at radius 2 is 1.67 bits per heavy atom. The number of nitrogens with one attached hydrogen (secondary N) is 1. The van der Waals surface area contributed by atoms with Crippen LogP contribution in [0.1, 0.15) is 38.3 Å². The maximum Gasteiger partial charge on any atom is 0.180 e. The van der Waals surface area contributed by atoms with E-state index in [1.54, 1.807) is 12.1 Å². The molecule has 0 aliphatic carbocycles. The molecule has 0 atom stereocenters. The maximum absolute atomic E-state index is 6.48. The van der Waals surface area contributed by atoms with E-state index in [0.29, 0.717) is 45.7 Å². The van der Waals surface area contributed by atoms with E-state index in [1.807, 2.05) is 25.1 Å². The van der Waals surface area contributed by atoms with Crippen LogP contribution in [0.3, 0.4) is 0 Å². The minimum absolute atomic E-state index is 0.322. The highest BCUT2D eigenvalue weighted by atomic mass is 35.5. The lowest BCUT2D eigenvalue weighted by Crippen LogP contribution is -2.16. The number of benzene rings is 2. The zero-order chi connectivity index (χ0) is 19.8. The Hall–Kier alpha value is -1.13. The Bertz CT molecular complexity index is 750. The summed E-state index contributed by atoms with van der Waals surface area (Å²) in [5.41, 5.74) is 1.97. The number of halogens is 3. The average molecular weight is 431 g/mol. The standard InChI is InChI=1S/C21H26Cl3NO2/c1-4-26-20-11-16(12-25-8-7-14(2)3)10-19(24)21(20)27-13-15-5-6-17(22)18(23)9-15/h5-6,9-11,14,25H,4,7-8,12-13H2,1-3H3. The van der Waals surface area contributed by atoms with Gasteiger partial charge >= 0.3 is 0 Å². The molecule has 6 heteroatoms. The molecular weight excluding hydrogens is 405 g/mol. The van der Waals surface area contributed by atoms with Crippen LogP contribution in [-0.2, 0) is 13.2 Å². The van der Waals surface area contributed by atoms with E-state index in [9.17, 15) is 0 Å². The van der Waals surface area contributed by atoms with Gasteiger partial charge in [-0.3, -0.25) is 0 Å². The molecule has 2 aromatic carbocycles. The van der Waals surface area contributed by atoms with Gasteiger partial charge in [0.05, 0.1) is 21.7 Å². The van der Waals surface area contributed by atoms with Gasteiger partial charge in [0.25, 0.3) is 0 Å². The summed E-state index contributed by atoms with van der Waals surface area (Å²) in [7, 11) is 0. The molecule has 0 heterocycles. The fraction of sp³-hybridized carbons (Fsp3) is 0.429. The molecule has 27 heavy (non-hydrogen) atoms. The van der Waals surface area contributed by atoms with Crippen molar-refractivity contribution in [1.29, 1.82) is 0 Å². The summed E-state index contributed by atoms with van der Waals surface area (Å²) in [4.78, 5) is 0. The number of ether oxygens (including phenoxy) is 2. The normalized spacial score (nSPS) is 11.1. The van der Waals surface area contributed by atoms with E-state index in [1.165, 1.54) is 0 Å². The highest BCUT2D eigenvalue weighted by Crippen LogP contribution is 2.37. The van der Waals surface area contributed by atoms with E-state index >= 15 is 0 Å². The zero-order valence-electron chi connectivity index (χ0n) is 16.0. The molecule has 0 fully saturated rings. The van der Waals surface area contributed by atoms with Crippen LogP contribution in [0.15, 0.2) is 30.3 Å². The predicted molar refractivity (Wildman–Crippen MR) is 115 cm³/mol. The van der Waals surface area contributed by atoms with Crippen molar-refractivity contribution in [3.05, 3.63) is 56.5 Å². The van der Waals surface area contributed by atoms with Crippen molar-refractivity contribution in [3.8, 4) is 11.5 Å². The van der Waals surface area contributed by atoms with E-state index < -0.39 is 0 Å². The zero-order valence-corrected chi connectivity index (χ0v) is 18.2. The van der Waals surface area contributed by atoms with Crippen molar-refractivity contribution < 1.29 is 9.47 Å².